The van der Waals surface area contributed by atoms with Crippen LogP contribution in [0.1, 0.15) is 35.2 Å². The van der Waals surface area contributed by atoms with Crippen molar-refractivity contribution in [3.8, 4) is 0 Å². The van der Waals surface area contributed by atoms with Gasteiger partial charge in [-0.1, -0.05) is 22.9 Å². The van der Waals surface area contributed by atoms with Gasteiger partial charge in [-0.3, -0.25) is 4.90 Å². The number of hydrogen-bond acceptors (Lipinski definition) is 6. The van der Waals surface area contributed by atoms with Crippen LogP contribution in [0.5, 0.6) is 0 Å². The first kappa shape index (κ1) is 20.4. The Morgan fingerprint density at radius 3 is 2.90 bits per heavy atom. The monoisotopic (exact) mass is 486 g/mol. The first-order chi connectivity index (χ1) is 14.6. The number of aromatic nitrogens is 2. The average molecular weight is 487 g/mol. The molecule has 5 nitrogen and oxygen atoms in total. The minimum Gasteiger partial charge on any atom is -0.379 e. The minimum atomic E-state index is 0.747. The summed E-state index contributed by atoms with van der Waals surface area (Å²) in [6, 6.07) is 6.36. The van der Waals surface area contributed by atoms with Crippen molar-refractivity contribution in [3.63, 3.8) is 0 Å². The highest BCUT2D eigenvalue weighted by Gasteiger charge is 2.24. The van der Waals surface area contributed by atoms with Crippen LogP contribution in [0.4, 0.5) is 11.5 Å². The van der Waals surface area contributed by atoms with Crippen LogP contribution in [-0.2, 0) is 24.1 Å². The summed E-state index contributed by atoms with van der Waals surface area (Å²) in [5, 5.41) is 4.86. The Kier molecular flexibility index (Phi) is 5.79. The number of anilines is 2. The predicted molar refractivity (Wildman–Crippen MR) is 127 cm³/mol. The van der Waals surface area contributed by atoms with E-state index >= 15 is 0 Å². The minimum absolute atomic E-state index is 0.747. The van der Waals surface area contributed by atoms with Crippen molar-refractivity contribution in [1.29, 1.82) is 0 Å². The number of aryl methyl sites for hydroxylation is 2. The number of rotatable bonds is 4. The Balaban J connectivity index is 1.56. The van der Waals surface area contributed by atoms with E-state index in [1.807, 2.05) is 11.3 Å². The van der Waals surface area contributed by atoms with Gasteiger partial charge < -0.3 is 10.1 Å². The molecule has 0 radical (unpaired) electrons. The maximum absolute atomic E-state index is 5.50. The molecule has 1 aliphatic heterocycles. The molecular formula is C23H27BrN4OS. The molecule has 1 aliphatic carbocycles. The average Bonchev–Trinajstić information content (AvgIpc) is 3.09. The van der Waals surface area contributed by atoms with Crippen molar-refractivity contribution in [3.05, 3.63) is 44.5 Å². The second-order valence-electron chi connectivity index (χ2n) is 8.50. The zero-order valence-electron chi connectivity index (χ0n) is 17.5. The molecule has 7 heteroatoms. The molecule has 2 aromatic heterocycles. The van der Waals surface area contributed by atoms with Crippen molar-refractivity contribution in [1.82, 2.24) is 14.9 Å². The Hall–Kier alpha value is -1.54. The summed E-state index contributed by atoms with van der Waals surface area (Å²) in [6.07, 6.45) is 3.52. The predicted octanol–water partition coefficient (Wildman–Crippen LogP) is 5.46. The Bertz CT molecular complexity index is 1080. The molecule has 1 atom stereocenters. The van der Waals surface area contributed by atoms with Crippen molar-refractivity contribution in [2.45, 2.75) is 39.7 Å². The van der Waals surface area contributed by atoms with Crippen molar-refractivity contribution < 1.29 is 4.74 Å². The van der Waals surface area contributed by atoms with Gasteiger partial charge in [-0.25, -0.2) is 9.97 Å². The molecule has 0 amide bonds. The Labute approximate surface area is 190 Å². The van der Waals surface area contributed by atoms with E-state index in [4.69, 9.17) is 14.7 Å². The van der Waals surface area contributed by atoms with Crippen LogP contribution in [-0.4, -0.2) is 41.2 Å². The molecule has 0 saturated carbocycles. The zero-order chi connectivity index (χ0) is 20.7. The summed E-state index contributed by atoms with van der Waals surface area (Å²) in [4.78, 5) is 15.1. The lowest BCUT2D eigenvalue weighted by Crippen LogP contribution is -2.36. The summed E-state index contributed by atoms with van der Waals surface area (Å²) in [7, 11) is 0. The number of halogens is 1. The maximum Gasteiger partial charge on any atom is 0.146 e. The molecule has 5 rings (SSSR count). The third kappa shape index (κ3) is 4.13. The number of benzene rings is 1. The Morgan fingerprint density at radius 2 is 2.10 bits per heavy atom. The fourth-order valence-electron chi connectivity index (χ4n) is 4.37. The summed E-state index contributed by atoms with van der Waals surface area (Å²) < 4.78 is 6.62. The molecule has 3 heterocycles. The number of hydrogen-bond donors (Lipinski definition) is 1. The first-order valence-corrected chi connectivity index (χ1v) is 12.3. The van der Waals surface area contributed by atoms with Crippen LogP contribution >= 0.6 is 27.3 Å². The van der Waals surface area contributed by atoms with E-state index in [-0.39, 0.29) is 0 Å². The van der Waals surface area contributed by atoms with E-state index in [1.54, 1.807) is 0 Å². The molecule has 3 aromatic rings. The van der Waals surface area contributed by atoms with Gasteiger partial charge in [0.2, 0.25) is 0 Å². The maximum atomic E-state index is 5.50. The second-order valence-corrected chi connectivity index (χ2v) is 10.4. The number of fused-ring (bicyclic) bond motifs is 3. The van der Waals surface area contributed by atoms with Gasteiger partial charge in [0.15, 0.2) is 0 Å². The molecule has 1 fully saturated rings. The molecule has 30 heavy (non-hydrogen) atoms. The normalized spacial score (nSPS) is 19.8. The van der Waals surface area contributed by atoms with E-state index in [0.29, 0.717) is 0 Å². The third-order valence-electron chi connectivity index (χ3n) is 6.09. The van der Waals surface area contributed by atoms with Gasteiger partial charge in [0.1, 0.15) is 16.5 Å². The van der Waals surface area contributed by atoms with Crippen LogP contribution in [0.2, 0.25) is 0 Å². The molecule has 0 unspecified atom stereocenters. The lowest BCUT2D eigenvalue weighted by molar-refractivity contribution is 0.0331. The molecule has 0 bridgehead atoms. The fraction of sp³-hybridized carbons (Fsp3) is 0.478. The number of nitrogens with zero attached hydrogens (tertiary/aromatic N) is 3. The third-order valence-corrected chi connectivity index (χ3v) is 8.13. The van der Waals surface area contributed by atoms with E-state index in [2.05, 4.69) is 58.2 Å². The summed E-state index contributed by atoms with van der Waals surface area (Å²) in [6.45, 7) is 8.69. The van der Waals surface area contributed by atoms with Crippen LogP contribution < -0.4 is 5.32 Å². The standard InChI is InChI=1S/C23H27BrN4OS/c1-14-3-5-17-19(11-14)30-23-21(17)22(25-16-4-6-18(24)15(2)12-16)26-20(27-23)13-28-7-9-29-10-8-28/h4,6,12,14H,3,5,7-11,13H2,1-2H3,(H,25,26,27)/t14-/m1/s1. The van der Waals surface area contributed by atoms with Crippen molar-refractivity contribution in [2.24, 2.45) is 5.92 Å². The van der Waals surface area contributed by atoms with Gasteiger partial charge in [-0.15, -0.1) is 11.3 Å². The fourth-order valence-corrected chi connectivity index (χ4v) is 6.01. The summed E-state index contributed by atoms with van der Waals surface area (Å²) in [5.41, 5.74) is 3.74. The van der Waals surface area contributed by atoms with Crippen molar-refractivity contribution >= 4 is 49.0 Å². The molecule has 2 aliphatic rings. The molecular weight excluding hydrogens is 460 g/mol. The van der Waals surface area contributed by atoms with Gasteiger partial charge in [0.05, 0.1) is 25.1 Å². The van der Waals surface area contributed by atoms with E-state index in [1.165, 1.54) is 27.8 Å². The highest BCUT2D eigenvalue weighted by atomic mass is 79.9. The number of morpholine rings is 1. The van der Waals surface area contributed by atoms with E-state index in [0.717, 1.165) is 78.2 Å². The summed E-state index contributed by atoms with van der Waals surface area (Å²) in [5.74, 6) is 2.60. The molecule has 1 saturated heterocycles. The molecule has 1 aromatic carbocycles. The number of nitrogens with one attached hydrogen (secondary N) is 1. The topological polar surface area (TPSA) is 50.3 Å². The van der Waals surface area contributed by atoms with Gasteiger partial charge in [-0.2, -0.15) is 0 Å². The SMILES string of the molecule is Cc1cc(Nc2nc(CN3CCOCC3)nc3sc4c(c23)CC[C@@H](C)C4)ccc1Br. The highest BCUT2D eigenvalue weighted by molar-refractivity contribution is 9.10. The quantitative estimate of drug-likeness (QED) is 0.530. The number of thiophene rings is 1. The van der Waals surface area contributed by atoms with Crippen LogP contribution in [0, 0.1) is 12.8 Å². The molecule has 0 spiro atoms. The van der Waals surface area contributed by atoms with Gasteiger partial charge >= 0.3 is 0 Å². The molecule has 1 N–H and O–H groups in total. The van der Waals surface area contributed by atoms with Gasteiger partial charge in [0.25, 0.3) is 0 Å². The lowest BCUT2D eigenvalue weighted by Gasteiger charge is -2.26. The van der Waals surface area contributed by atoms with Crippen LogP contribution in [0.25, 0.3) is 10.2 Å². The zero-order valence-corrected chi connectivity index (χ0v) is 19.9. The van der Waals surface area contributed by atoms with E-state index < -0.39 is 0 Å². The first-order valence-electron chi connectivity index (χ1n) is 10.7. The smallest absolute Gasteiger partial charge is 0.146 e. The lowest BCUT2D eigenvalue weighted by atomic mass is 9.89. The van der Waals surface area contributed by atoms with Crippen LogP contribution in [0.3, 0.4) is 0 Å². The van der Waals surface area contributed by atoms with Gasteiger partial charge in [0, 0.05) is 28.1 Å². The van der Waals surface area contributed by atoms with E-state index in [9.17, 15) is 0 Å². The van der Waals surface area contributed by atoms with Crippen LogP contribution in [0.15, 0.2) is 22.7 Å². The highest BCUT2D eigenvalue weighted by Crippen LogP contribution is 2.41. The number of ether oxygens (including phenoxy) is 1. The van der Waals surface area contributed by atoms with Crippen molar-refractivity contribution in [2.75, 3.05) is 31.6 Å². The molecule has 158 valence electrons. The largest absolute Gasteiger partial charge is 0.379 e. The Morgan fingerprint density at radius 1 is 1.27 bits per heavy atom. The van der Waals surface area contributed by atoms with Gasteiger partial charge in [-0.05, 0) is 61.4 Å². The summed E-state index contributed by atoms with van der Waals surface area (Å²) >= 11 is 5.47. The second kappa shape index (κ2) is 8.54.